The molecule has 0 atom stereocenters. The number of rotatable bonds is 3. The van der Waals surface area contributed by atoms with E-state index in [9.17, 15) is 4.79 Å². The number of pyridine rings is 1. The molecule has 2 rings (SSSR count). The summed E-state index contributed by atoms with van der Waals surface area (Å²) in [5, 5.41) is 6.93. The van der Waals surface area contributed by atoms with Gasteiger partial charge < -0.3 is 11.1 Å². The smallest absolute Gasteiger partial charge is 0.236 e. The fourth-order valence-electron chi connectivity index (χ4n) is 1.36. The zero-order valence-corrected chi connectivity index (χ0v) is 8.27. The quantitative estimate of drug-likeness (QED) is 0.734. The van der Waals surface area contributed by atoms with E-state index >= 15 is 0 Å². The number of nitrogens with zero attached hydrogens (tertiary/aromatic N) is 3. The van der Waals surface area contributed by atoms with Crippen LogP contribution in [0.1, 0.15) is 5.56 Å². The Morgan fingerprint density at radius 1 is 1.60 bits per heavy atom. The summed E-state index contributed by atoms with van der Waals surface area (Å²) < 4.78 is 1.62. The molecule has 2 aromatic heterocycles. The predicted molar refractivity (Wildman–Crippen MR) is 55.4 cm³/mol. The van der Waals surface area contributed by atoms with Gasteiger partial charge in [0.25, 0.3) is 0 Å². The fourth-order valence-corrected chi connectivity index (χ4v) is 1.36. The normalized spacial score (nSPS) is 10.5. The van der Waals surface area contributed by atoms with Crippen LogP contribution in [-0.4, -0.2) is 27.0 Å². The molecule has 78 valence electrons. The van der Waals surface area contributed by atoms with Gasteiger partial charge in [-0.15, -0.1) is 0 Å². The number of anilines is 1. The number of hydrogen-bond acceptors (Lipinski definition) is 4. The number of primary amides is 1. The predicted octanol–water partition coefficient (Wildman–Crippen LogP) is -0.0651. The number of carbonyl (C=O) groups excluding carboxylic acids is 1. The maximum absolute atomic E-state index is 10.6. The Hall–Kier alpha value is -2.11. The number of nitrogens with one attached hydrogen (secondary N) is 1. The van der Waals surface area contributed by atoms with Crippen LogP contribution in [0.5, 0.6) is 0 Å². The lowest BCUT2D eigenvalue weighted by molar-refractivity contribution is -0.116. The first-order valence-electron chi connectivity index (χ1n) is 4.49. The minimum Gasteiger partial charge on any atom is -0.368 e. The second-order valence-corrected chi connectivity index (χ2v) is 3.27. The van der Waals surface area contributed by atoms with Crippen molar-refractivity contribution in [3.05, 3.63) is 24.0 Å². The Morgan fingerprint density at radius 2 is 2.40 bits per heavy atom. The van der Waals surface area contributed by atoms with E-state index in [-0.39, 0.29) is 6.54 Å². The fraction of sp³-hybridized carbons (Fsp3) is 0.222. The molecule has 0 bridgehead atoms. The van der Waals surface area contributed by atoms with Crippen molar-refractivity contribution in [1.29, 1.82) is 0 Å². The Kier molecular flexibility index (Phi) is 2.24. The van der Waals surface area contributed by atoms with Gasteiger partial charge in [0.05, 0.1) is 6.54 Å². The van der Waals surface area contributed by atoms with Crippen molar-refractivity contribution in [2.75, 3.05) is 11.9 Å². The van der Waals surface area contributed by atoms with Crippen LogP contribution in [-0.2, 0) is 4.79 Å². The summed E-state index contributed by atoms with van der Waals surface area (Å²) in [6, 6.07) is 3.78. The highest BCUT2D eigenvalue weighted by molar-refractivity contribution is 5.78. The Labute approximate surface area is 86.1 Å². The molecule has 1 amide bonds. The lowest BCUT2D eigenvalue weighted by Crippen LogP contribution is -2.22. The third kappa shape index (κ3) is 1.88. The molecular formula is C9H11N5O. The van der Waals surface area contributed by atoms with Crippen LogP contribution in [0.25, 0.3) is 5.65 Å². The molecule has 0 unspecified atom stereocenters. The Bertz CT molecular complexity index is 504. The van der Waals surface area contributed by atoms with E-state index in [1.165, 1.54) is 6.33 Å². The topological polar surface area (TPSA) is 85.3 Å². The first-order valence-corrected chi connectivity index (χ1v) is 4.49. The Balaban J connectivity index is 2.39. The first-order chi connectivity index (χ1) is 7.16. The van der Waals surface area contributed by atoms with Gasteiger partial charge in [-0.3, -0.25) is 4.79 Å². The molecule has 0 aromatic carbocycles. The molecular weight excluding hydrogens is 194 g/mol. The lowest BCUT2D eigenvalue weighted by atomic mass is 10.3. The van der Waals surface area contributed by atoms with Crippen LogP contribution in [0.4, 0.5) is 5.82 Å². The molecule has 6 heteroatoms. The number of aryl methyl sites for hydroxylation is 1. The molecule has 0 saturated heterocycles. The molecule has 0 spiro atoms. The van der Waals surface area contributed by atoms with Crippen molar-refractivity contribution in [3.63, 3.8) is 0 Å². The summed E-state index contributed by atoms with van der Waals surface area (Å²) in [6.45, 7) is 2.03. The summed E-state index contributed by atoms with van der Waals surface area (Å²) in [5.74, 6) is 0.297. The van der Waals surface area contributed by atoms with E-state index < -0.39 is 5.91 Å². The summed E-state index contributed by atoms with van der Waals surface area (Å²) >= 11 is 0. The first kappa shape index (κ1) is 9.45. The van der Waals surface area contributed by atoms with E-state index in [2.05, 4.69) is 15.4 Å². The Morgan fingerprint density at radius 3 is 3.13 bits per heavy atom. The highest BCUT2D eigenvalue weighted by atomic mass is 16.1. The number of amides is 1. The van der Waals surface area contributed by atoms with E-state index in [0.717, 1.165) is 11.2 Å². The summed E-state index contributed by atoms with van der Waals surface area (Å²) in [4.78, 5) is 14.7. The number of hydrogen-bond donors (Lipinski definition) is 2. The largest absolute Gasteiger partial charge is 0.368 e. The van der Waals surface area contributed by atoms with E-state index in [1.807, 2.05) is 19.1 Å². The molecule has 3 N–H and O–H groups in total. The summed E-state index contributed by atoms with van der Waals surface area (Å²) in [6.07, 6.45) is 1.46. The third-order valence-electron chi connectivity index (χ3n) is 1.97. The van der Waals surface area contributed by atoms with Crippen molar-refractivity contribution in [2.24, 2.45) is 5.73 Å². The molecule has 2 aromatic rings. The van der Waals surface area contributed by atoms with Gasteiger partial charge in [-0.2, -0.15) is 9.61 Å². The molecule has 2 heterocycles. The number of carbonyl (C=O) groups is 1. The summed E-state index contributed by atoms with van der Waals surface area (Å²) in [7, 11) is 0. The van der Waals surface area contributed by atoms with Gasteiger partial charge in [0.2, 0.25) is 5.91 Å². The monoisotopic (exact) mass is 205 g/mol. The minimum atomic E-state index is -0.412. The molecule has 0 radical (unpaired) electrons. The van der Waals surface area contributed by atoms with Gasteiger partial charge in [-0.05, 0) is 24.6 Å². The standard InChI is InChI=1S/C9H11N5O/c1-6-2-8(11-4-7(10)15)14-9(3-6)12-5-13-14/h2-3,5,11H,4H2,1H3,(H2,10,15). The van der Waals surface area contributed by atoms with Crippen molar-refractivity contribution in [3.8, 4) is 0 Å². The van der Waals surface area contributed by atoms with Crippen LogP contribution < -0.4 is 11.1 Å². The van der Waals surface area contributed by atoms with Gasteiger partial charge in [-0.1, -0.05) is 0 Å². The molecule has 15 heavy (non-hydrogen) atoms. The zero-order valence-electron chi connectivity index (χ0n) is 8.27. The van der Waals surface area contributed by atoms with Crippen molar-refractivity contribution in [2.45, 2.75) is 6.92 Å². The van der Waals surface area contributed by atoms with Gasteiger partial charge in [0, 0.05) is 0 Å². The highest BCUT2D eigenvalue weighted by Gasteiger charge is 2.04. The molecule has 6 nitrogen and oxygen atoms in total. The van der Waals surface area contributed by atoms with Crippen LogP contribution in [0.15, 0.2) is 18.5 Å². The molecule has 0 aliphatic carbocycles. The molecule has 0 fully saturated rings. The maximum atomic E-state index is 10.6. The van der Waals surface area contributed by atoms with E-state index in [0.29, 0.717) is 5.82 Å². The lowest BCUT2D eigenvalue weighted by Gasteiger charge is -2.06. The van der Waals surface area contributed by atoms with E-state index in [4.69, 9.17) is 5.73 Å². The molecule has 0 saturated carbocycles. The SMILES string of the molecule is Cc1cc(NCC(N)=O)n2ncnc2c1. The van der Waals surface area contributed by atoms with Crippen molar-refractivity contribution < 1.29 is 4.79 Å². The van der Waals surface area contributed by atoms with Crippen LogP contribution in [0.3, 0.4) is 0 Å². The summed E-state index contributed by atoms with van der Waals surface area (Å²) in [5.41, 5.74) is 6.83. The maximum Gasteiger partial charge on any atom is 0.236 e. The van der Waals surface area contributed by atoms with Gasteiger partial charge in [0.1, 0.15) is 12.1 Å². The average molecular weight is 205 g/mol. The molecule has 0 aliphatic heterocycles. The van der Waals surface area contributed by atoms with E-state index in [1.54, 1.807) is 4.52 Å². The van der Waals surface area contributed by atoms with Crippen molar-refractivity contribution in [1.82, 2.24) is 14.6 Å². The average Bonchev–Trinajstić information content (AvgIpc) is 2.61. The van der Waals surface area contributed by atoms with Crippen molar-refractivity contribution >= 4 is 17.4 Å². The van der Waals surface area contributed by atoms with Gasteiger partial charge in [0.15, 0.2) is 5.65 Å². The molecule has 0 aliphatic rings. The second-order valence-electron chi connectivity index (χ2n) is 3.27. The number of fused-ring (bicyclic) bond motifs is 1. The minimum absolute atomic E-state index is 0.0818. The zero-order chi connectivity index (χ0) is 10.8. The van der Waals surface area contributed by atoms with Crippen LogP contribution in [0.2, 0.25) is 0 Å². The van der Waals surface area contributed by atoms with Gasteiger partial charge in [-0.25, -0.2) is 4.98 Å². The number of aromatic nitrogens is 3. The second kappa shape index (κ2) is 3.56. The van der Waals surface area contributed by atoms with Gasteiger partial charge >= 0.3 is 0 Å². The highest BCUT2D eigenvalue weighted by Crippen LogP contribution is 2.12. The van der Waals surface area contributed by atoms with Crippen LogP contribution >= 0.6 is 0 Å². The number of nitrogens with two attached hydrogens (primary N) is 1. The third-order valence-corrected chi connectivity index (χ3v) is 1.97. The van der Waals surface area contributed by atoms with Crippen LogP contribution in [0, 0.1) is 6.92 Å².